The lowest BCUT2D eigenvalue weighted by molar-refractivity contribution is 0.270. The number of ether oxygens (including phenoxy) is 1. The quantitative estimate of drug-likeness (QED) is 0.797. The molecule has 2 N–H and O–H groups in total. The highest BCUT2D eigenvalue weighted by Gasteiger charge is 2.06. The highest BCUT2D eigenvalue weighted by atomic mass is 16.6. The van der Waals surface area contributed by atoms with Crippen molar-refractivity contribution < 1.29 is 9.37 Å². The van der Waals surface area contributed by atoms with Gasteiger partial charge in [0.05, 0.1) is 0 Å². The monoisotopic (exact) mass is 219 g/mol. The molecular formula is C11H13N3O2. The molecule has 0 unspecified atom stereocenters. The normalized spacial score (nSPS) is 10.4. The highest BCUT2D eigenvalue weighted by molar-refractivity contribution is 5.49. The summed E-state index contributed by atoms with van der Waals surface area (Å²) in [5.41, 5.74) is 8.91. The van der Waals surface area contributed by atoms with Crippen LogP contribution >= 0.6 is 0 Å². The zero-order valence-corrected chi connectivity index (χ0v) is 9.23. The average Bonchev–Trinajstić information content (AvgIpc) is 2.66. The van der Waals surface area contributed by atoms with E-state index in [1.54, 1.807) is 0 Å². The Morgan fingerprint density at radius 1 is 1.31 bits per heavy atom. The fourth-order valence-corrected chi connectivity index (χ4v) is 1.27. The Morgan fingerprint density at radius 2 is 2.12 bits per heavy atom. The van der Waals surface area contributed by atoms with E-state index in [9.17, 15) is 0 Å². The van der Waals surface area contributed by atoms with E-state index in [-0.39, 0.29) is 0 Å². The molecule has 0 aliphatic rings. The van der Waals surface area contributed by atoms with Crippen LogP contribution < -0.4 is 10.5 Å². The maximum absolute atomic E-state index is 5.71. The third-order valence-electron chi connectivity index (χ3n) is 2.36. The fraction of sp³-hybridized carbons (Fsp3) is 0.273. The number of rotatable bonds is 3. The van der Waals surface area contributed by atoms with Crippen LogP contribution in [0.5, 0.6) is 5.75 Å². The Morgan fingerprint density at radius 3 is 2.75 bits per heavy atom. The van der Waals surface area contributed by atoms with Gasteiger partial charge in [-0.15, -0.1) is 0 Å². The minimum atomic E-state index is 0.346. The Kier molecular flexibility index (Phi) is 2.76. The topological polar surface area (TPSA) is 74.2 Å². The molecule has 1 heterocycles. The molecule has 0 fully saturated rings. The summed E-state index contributed by atoms with van der Waals surface area (Å²) in [7, 11) is 0. The number of hydrogen-bond donors (Lipinski definition) is 1. The second-order valence-electron chi connectivity index (χ2n) is 3.60. The standard InChI is InChI=1S/C11H13N3O2/c1-7-5-9(3-4-10(7)12)15-6-11-8(2)13-16-14-11/h3-5H,6,12H2,1-2H3. The van der Waals surface area contributed by atoms with Crippen molar-refractivity contribution in [3.63, 3.8) is 0 Å². The summed E-state index contributed by atoms with van der Waals surface area (Å²) < 4.78 is 10.1. The van der Waals surface area contributed by atoms with Crippen molar-refractivity contribution in [2.45, 2.75) is 20.5 Å². The minimum absolute atomic E-state index is 0.346. The van der Waals surface area contributed by atoms with Crippen molar-refractivity contribution in [1.82, 2.24) is 10.3 Å². The Labute approximate surface area is 93.2 Å². The van der Waals surface area contributed by atoms with E-state index in [1.807, 2.05) is 32.0 Å². The van der Waals surface area contributed by atoms with Gasteiger partial charge in [0.1, 0.15) is 23.7 Å². The molecule has 0 radical (unpaired) electrons. The van der Waals surface area contributed by atoms with Crippen LogP contribution in [0.1, 0.15) is 17.0 Å². The van der Waals surface area contributed by atoms with Gasteiger partial charge in [-0.1, -0.05) is 10.3 Å². The van der Waals surface area contributed by atoms with Gasteiger partial charge in [-0.2, -0.15) is 0 Å². The zero-order valence-electron chi connectivity index (χ0n) is 9.23. The van der Waals surface area contributed by atoms with Gasteiger partial charge in [-0.05, 0) is 37.6 Å². The van der Waals surface area contributed by atoms with Crippen LogP contribution in [-0.2, 0) is 6.61 Å². The molecule has 1 aromatic carbocycles. The molecule has 0 saturated carbocycles. The molecule has 84 valence electrons. The van der Waals surface area contributed by atoms with Gasteiger partial charge in [0.25, 0.3) is 0 Å². The Balaban J connectivity index is 2.05. The van der Waals surface area contributed by atoms with Gasteiger partial charge in [-0.3, -0.25) is 0 Å². The first kappa shape index (κ1) is 10.5. The number of nitrogens with zero attached hydrogens (tertiary/aromatic N) is 2. The number of aryl methyl sites for hydroxylation is 2. The third kappa shape index (κ3) is 2.13. The Bertz CT molecular complexity index is 494. The van der Waals surface area contributed by atoms with Crippen LogP contribution in [0.25, 0.3) is 0 Å². The highest BCUT2D eigenvalue weighted by Crippen LogP contribution is 2.19. The Hall–Kier alpha value is -2.04. The first-order valence-electron chi connectivity index (χ1n) is 4.94. The molecule has 2 rings (SSSR count). The number of nitrogens with two attached hydrogens (primary N) is 1. The van der Waals surface area contributed by atoms with E-state index in [0.717, 1.165) is 22.7 Å². The number of nitrogen functional groups attached to an aromatic ring is 1. The predicted octanol–water partition coefficient (Wildman–Crippen LogP) is 1.85. The molecule has 1 aromatic heterocycles. The van der Waals surface area contributed by atoms with Gasteiger partial charge >= 0.3 is 0 Å². The van der Waals surface area contributed by atoms with E-state index >= 15 is 0 Å². The van der Waals surface area contributed by atoms with E-state index < -0.39 is 0 Å². The number of aromatic nitrogens is 2. The van der Waals surface area contributed by atoms with Gasteiger partial charge in [0.15, 0.2) is 0 Å². The lowest BCUT2D eigenvalue weighted by Crippen LogP contribution is -1.98. The van der Waals surface area contributed by atoms with Crippen molar-refractivity contribution in [2.75, 3.05) is 5.73 Å². The molecule has 0 spiro atoms. The second kappa shape index (κ2) is 4.22. The van der Waals surface area contributed by atoms with E-state index in [1.165, 1.54) is 0 Å². The summed E-state index contributed by atoms with van der Waals surface area (Å²) in [6, 6.07) is 5.53. The van der Waals surface area contributed by atoms with Gasteiger partial charge in [0.2, 0.25) is 0 Å². The van der Waals surface area contributed by atoms with Crippen LogP contribution in [0.4, 0.5) is 5.69 Å². The fourth-order valence-electron chi connectivity index (χ4n) is 1.27. The van der Waals surface area contributed by atoms with Crippen molar-refractivity contribution in [2.24, 2.45) is 0 Å². The largest absolute Gasteiger partial charge is 0.487 e. The molecule has 16 heavy (non-hydrogen) atoms. The van der Waals surface area contributed by atoms with Crippen molar-refractivity contribution >= 4 is 5.69 Å². The average molecular weight is 219 g/mol. The van der Waals surface area contributed by atoms with Crippen LogP contribution in [0.15, 0.2) is 22.8 Å². The first-order valence-corrected chi connectivity index (χ1v) is 4.94. The first-order chi connectivity index (χ1) is 7.66. The van der Waals surface area contributed by atoms with Crippen LogP contribution in [0.2, 0.25) is 0 Å². The van der Waals surface area contributed by atoms with Crippen molar-refractivity contribution in [1.29, 1.82) is 0 Å². The molecule has 5 nitrogen and oxygen atoms in total. The third-order valence-corrected chi connectivity index (χ3v) is 2.36. The number of benzene rings is 1. The van der Waals surface area contributed by atoms with E-state index in [0.29, 0.717) is 12.3 Å². The van der Waals surface area contributed by atoms with E-state index in [2.05, 4.69) is 14.9 Å². The van der Waals surface area contributed by atoms with Gasteiger partial charge in [-0.25, -0.2) is 4.63 Å². The molecular weight excluding hydrogens is 206 g/mol. The second-order valence-corrected chi connectivity index (χ2v) is 3.60. The van der Waals surface area contributed by atoms with Crippen molar-refractivity contribution in [3.8, 4) is 5.75 Å². The van der Waals surface area contributed by atoms with Crippen LogP contribution in [0.3, 0.4) is 0 Å². The predicted molar refractivity (Wildman–Crippen MR) is 59.0 cm³/mol. The van der Waals surface area contributed by atoms with E-state index in [4.69, 9.17) is 10.5 Å². The van der Waals surface area contributed by atoms with Crippen LogP contribution in [-0.4, -0.2) is 10.3 Å². The summed E-state index contributed by atoms with van der Waals surface area (Å²) in [4.78, 5) is 0. The summed E-state index contributed by atoms with van der Waals surface area (Å²) >= 11 is 0. The molecule has 0 amide bonds. The number of anilines is 1. The molecule has 0 atom stereocenters. The van der Waals surface area contributed by atoms with Gasteiger partial charge in [0, 0.05) is 5.69 Å². The molecule has 0 bridgehead atoms. The minimum Gasteiger partial charge on any atom is -0.487 e. The smallest absolute Gasteiger partial charge is 0.145 e. The molecule has 5 heteroatoms. The summed E-state index contributed by atoms with van der Waals surface area (Å²) in [6.45, 7) is 4.10. The van der Waals surface area contributed by atoms with Crippen LogP contribution in [0, 0.1) is 13.8 Å². The zero-order chi connectivity index (χ0) is 11.5. The summed E-state index contributed by atoms with van der Waals surface area (Å²) in [5.74, 6) is 0.758. The maximum Gasteiger partial charge on any atom is 0.145 e. The van der Waals surface area contributed by atoms with Gasteiger partial charge < -0.3 is 10.5 Å². The summed E-state index contributed by atoms with van der Waals surface area (Å²) in [5, 5.41) is 7.41. The van der Waals surface area contributed by atoms with Crippen molar-refractivity contribution in [3.05, 3.63) is 35.2 Å². The molecule has 0 aliphatic heterocycles. The lowest BCUT2D eigenvalue weighted by Gasteiger charge is -2.06. The number of hydrogen-bond acceptors (Lipinski definition) is 5. The maximum atomic E-state index is 5.71. The molecule has 0 saturated heterocycles. The lowest BCUT2D eigenvalue weighted by atomic mass is 10.2. The molecule has 0 aliphatic carbocycles. The summed E-state index contributed by atoms with van der Waals surface area (Å²) in [6.07, 6.45) is 0. The SMILES string of the molecule is Cc1cc(OCc2nonc2C)ccc1N. The molecule has 2 aromatic rings.